The van der Waals surface area contributed by atoms with Gasteiger partial charge in [0.1, 0.15) is 0 Å². The van der Waals surface area contributed by atoms with Crippen LogP contribution in [0.2, 0.25) is 0 Å². The number of rotatable bonds is 3. The van der Waals surface area contributed by atoms with E-state index in [1.54, 1.807) is 0 Å². The molecule has 0 bridgehead atoms. The van der Waals surface area contributed by atoms with Gasteiger partial charge in [0, 0.05) is 26.1 Å². The number of benzene rings is 1. The van der Waals surface area contributed by atoms with Gasteiger partial charge in [0.25, 0.3) is 0 Å². The lowest BCUT2D eigenvalue weighted by Crippen LogP contribution is -2.24. The Hall–Kier alpha value is -1.35. The fourth-order valence-electron chi connectivity index (χ4n) is 2.39. The van der Waals surface area contributed by atoms with Gasteiger partial charge in [-0.2, -0.15) is 0 Å². The zero-order valence-electron chi connectivity index (χ0n) is 10.6. The minimum Gasteiger partial charge on any atom is -0.338 e. The van der Waals surface area contributed by atoms with Gasteiger partial charge >= 0.3 is 0 Å². The number of nitrogens with two attached hydrogens (primary N) is 1. The molecule has 3 heteroatoms. The Kier molecular flexibility index (Phi) is 3.48. The lowest BCUT2D eigenvalue weighted by molar-refractivity contribution is -0.128. The Balaban J connectivity index is 2.11. The topological polar surface area (TPSA) is 46.3 Å². The standard InChI is InChI=1S/C14H20N2O/c1-10-5-14(17)16(8-10)9-13-4-3-12(7-15)6-11(13)2/h3-4,6,10H,5,7-9,15H2,1-2H3. The molecule has 1 heterocycles. The summed E-state index contributed by atoms with van der Waals surface area (Å²) >= 11 is 0. The average molecular weight is 232 g/mol. The monoisotopic (exact) mass is 232 g/mol. The van der Waals surface area contributed by atoms with Gasteiger partial charge in [0.05, 0.1) is 0 Å². The maximum atomic E-state index is 11.7. The van der Waals surface area contributed by atoms with E-state index in [2.05, 4.69) is 26.0 Å². The second kappa shape index (κ2) is 4.88. The third-order valence-corrected chi connectivity index (χ3v) is 3.41. The maximum absolute atomic E-state index is 11.7. The lowest BCUT2D eigenvalue weighted by atomic mass is 10.0. The van der Waals surface area contributed by atoms with E-state index in [-0.39, 0.29) is 5.91 Å². The fraction of sp³-hybridized carbons (Fsp3) is 0.500. The first-order valence-corrected chi connectivity index (χ1v) is 6.16. The summed E-state index contributed by atoms with van der Waals surface area (Å²) in [7, 11) is 0. The van der Waals surface area contributed by atoms with Crippen LogP contribution in [0, 0.1) is 12.8 Å². The van der Waals surface area contributed by atoms with Gasteiger partial charge in [-0.15, -0.1) is 0 Å². The van der Waals surface area contributed by atoms with Gasteiger partial charge in [-0.3, -0.25) is 4.79 Å². The van der Waals surface area contributed by atoms with E-state index in [1.807, 2.05) is 11.0 Å². The van der Waals surface area contributed by atoms with E-state index < -0.39 is 0 Å². The molecule has 2 rings (SSSR count). The molecule has 1 amide bonds. The number of carbonyl (C=O) groups is 1. The molecule has 1 fully saturated rings. The van der Waals surface area contributed by atoms with Crippen LogP contribution in [-0.4, -0.2) is 17.4 Å². The summed E-state index contributed by atoms with van der Waals surface area (Å²) in [5, 5.41) is 0. The molecular weight excluding hydrogens is 212 g/mol. The number of likely N-dealkylation sites (tertiary alicyclic amines) is 1. The van der Waals surface area contributed by atoms with Gasteiger partial charge in [-0.05, 0) is 29.5 Å². The lowest BCUT2D eigenvalue weighted by Gasteiger charge is -2.18. The predicted octanol–water partition coefficient (Wildman–Crippen LogP) is 1.82. The molecule has 0 saturated carbocycles. The van der Waals surface area contributed by atoms with Crippen molar-refractivity contribution in [2.75, 3.05) is 6.54 Å². The third kappa shape index (κ3) is 2.67. The van der Waals surface area contributed by atoms with Crippen LogP contribution >= 0.6 is 0 Å². The van der Waals surface area contributed by atoms with E-state index >= 15 is 0 Å². The van der Waals surface area contributed by atoms with Crippen molar-refractivity contribution in [1.82, 2.24) is 4.90 Å². The summed E-state index contributed by atoms with van der Waals surface area (Å²) in [4.78, 5) is 13.7. The number of carbonyl (C=O) groups excluding carboxylic acids is 1. The molecule has 1 aliphatic heterocycles. The van der Waals surface area contributed by atoms with Crippen molar-refractivity contribution in [3.63, 3.8) is 0 Å². The molecule has 3 nitrogen and oxygen atoms in total. The Bertz CT molecular complexity index is 428. The largest absolute Gasteiger partial charge is 0.338 e. The van der Waals surface area contributed by atoms with E-state index in [1.165, 1.54) is 11.1 Å². The molecule has 1 atom stereocenters. The zero-order valence-corrected chi connectivity index (χ0v) is 10.6. The molecule has 2 N–H and O–H groups in total. The molecule has 0 spiro atoms. The molecule has 0 aliphatic carbocycles. The van der Waals surface area contributed by atoms with Gasteiger partial charge in [-0.25, -0.2) is 0 Å². The van der Waals surface area contributed by atoms with Crippen LogP contribution in [-0.2, 0) is 17.9 Å². The maximum Gasteiger partial charge on any atom is 0.223 e. The highest BCUT2D eigenvalue weighted by Crippen LogP contribution is 2.21. The van der Waals surface area contributed by atoms with Crippen LogP contribution < -0.4 is 5.73 Å². The van der Waals surface area contributed by atoms with Crippen LogP contribution in [0.25, 0.3) is 0 Å². The average Bonchev–Trinajstić information content (AvgIpc) is 2.60. The van der Waals surface area contributed by atoms with Crippen molar-refractivity contribution < 1.29 is 4.79 Å². The summed E-state index contributed by atoms with van der Waals surface area (Å²) < 4.78 is 0. The van der Waals surface area contributed by atoms with E-state index in [9.17, 15) is 4.79 Å². The summed E-state index contributed by atoms with van der Waals surface area (Å²) in [6.45, 7) is 6.40. The van der Waals surface area contributed by atoms with Crippen LogP contribution in [0.1, 0.15) is 30.0 Å². The number of amides is 1. The number of hydrogen-bond acceptors (Lipinski definition) is 2. The number of nitrogens with zero attached hydrogens (tertiary/aromatic N) is 1. The number of hydrogen-bond donors (Lipinski definition) is 1. The molecule has 92 valence electrons. The normalized spacial score (nSPS) is 20.1. The van der Waals surface area contributed by atoms with Crippen LogP contribution in [0.3, 0.4) is 0 Å². The minimum atomic E-state index is 0.278. The molecule has 17 heavy (non-hydrogen) atoms. The van der Waals surface area contributed by atoms with E-state index in [0.29, 0.717) is 18.9 Å². The first-order valence-electron chi connectivity index (χ1n) is 6.16. The number of aryl methyl sites for hydroxylation is 1. The molecule has 1 unspecified atom stereocenters. The minimum absolute atomic E-state index is 0.278. The Morgan fingerprint density at radius 1 is 1.47 bits per heavy atom. The summed E-state index contributed by atoms with van der Waals surface area (Å²) in [6.07, 6.45) is 0.694. The van der Waals surface area contributed by atoms with Gasteiger partial charge in [-0.1, -0.05) is 25.1 Å². The highest BCUT2D eigenvalue weighted by molar-refractivity contribution is 5.78. The Labute approximate surface area is 103 Å². The highest BCUT2D eigenvalue weighted by atomic mass is 16.2. The Morgan fingerprint density at radius 2 is 2.24 bits per heavy atom. The van der Waals surface area contributed by atoms with Crippen LogP contribution in [0.4, 0.5) is 0 Å². The summed E-state index contributed by atoms with van der Waals surface area (Å²) in [6, 6.07) is 6.25. The molecule has 0 radical (unpaired) electrons. The molecule has 0 aromatic heterocycles. The van der Waals surface area contributed by atoms with Crippen molar-refractivity contribution in [2.45, 2.75) is 33.4 Å². The summed E-state index contributed by atoms with van der Waals surface area (Å²) in [5.74, 6) is 0.769. The quantitative estimate of drug-likeness (QED) is 0.864. The molecule has 1 aliphatic rings. The molecular formula is C14H20N2O. The molecule has 1 aromatic rings. The van der Waals surface area contributed by atoms with Gasteiger partial charge in [0.15, 0.2) is 0 Å². The van der Waals surface area contributed by atoms with Gasteiger partial charge in [0.2, 0.25) is 5.91 Å². The van der Waals surface area contributed by atoms with E-state index in [4.69, 9.17) is 5.73 Å². The van der Waals surface area contributed by atoms with Crippen molar-refractivity contribution in [1.29, 1.82) is 0 Å². The first kappa shape index (κ1) is 12.1. The van der Waals surface area contributed by atoms with Crippen LogP contribution in [0.5, 0.6) is 0 Å². The Morgan fingerprint density at radius 3 is 2.76 bits per heavy atom. The van der Waals surface area contributed by atoms with E-state index in [0.717, 1.165) is 18.7 Å². The summed E-state index contributed by atoms with van der Waals surface area (Å²) in [5.41, 5.74) is 9.20. The van der Waals surface area contributed by atoms with Crippen molar-refractivity contribution >= 4 is 5.91 Å². The SMILES string of the molecule is Cc1cc(CN)ccc1CN1CC(C)CC1=O. The van der Waals surface area contributed by atoms with Crippen molar-refractivity contribution in [2.24, 2.45) is 11.7 Å². The van der Waals surface area contributed by atoms with Crippen LogP contribution in [0.15, 0.2) is 18.2 Å². The molecule has 1 saturated heterocycles. The second-order valence-electron chi connectivity index (χ2n) is 5.05. The van der Waals surface area contributed by atoms with Crippen molar-refractivity contribution in [3.8, 4) is 0 Å². The smallest absolute Gasteiger partial charge is 0.223 e. The highest BCUT2D eigenvalue weighted by Gasteiger charge is 2.26. The first-order chi connectivity index (χ1) is 8.10. The second-order valence-corrected chi connectivity index (χ2v) is 5.05. The van der Waals surface area contributed by atoms with Crippen molar-refractivity contribution in [3.05, 3.63) is 34.9 Å². The fourth-order valence-corrected chi connectivity index (χ4v) is 2.39. The molecule has 1 aromatic carbocycles. The predicted molar refractivity (Wildman–Crippen MR) is 68.3 cm³/mol. The van der Waals surface area contributed by atoms with Gasteiger partial charge < -0.3 is 10.6 Å². The third-order valence-electron chi connectivity index (χ3n) is 3.41. The zero-order chi connectivity index (χ0) is 12.4.